The molecule has 0 aliphatic heterocycles. The van der Waals surface area contributed by atoms with Gasteiger partial charge in [0, 0.05) is 24.8 Å². The van der Waals surface area contributed by atoms with Crippen molar-refractivity contribution in [2.45, 2.75) is 13.1 Å². The Hall–Kier alpha value is -2.07. The SMILES string of the molecule is COc1ccc(CNCc2cccnc2OC)cc1. The minimum atomic E-state index is 0.671. The van der Waals surface area contributed by atoms with Gasteiger partial charge in [0.15, 0.2) is 0 Å². The number of nitrogens with zero attached hydrogens (tertiary/aromatic N) is 1. The number of nitrogens with one attached hydrogen (secondary N) is 1. The van der Waals surface area contributed by atoms with Crippen molar-refractivity contribution < 1.29 is 9.47 Å². The van der Waals surface area contributed by atoms with Gasteiger partial charge in [0.25, 0.3) is 0 Å². The van der Waals surface area contributed by atoms with Gasteiger partial charge in [0.05, 0.1) is 14.2 Å². The first kappa shape index (κ1) is 13.4. The van der Waals surface area contributed by atoms with E-state index in [2.05, 4.69) is 10.3 Å². The third-order valence-corrected chi connectivity index (χ3v) is 2.85. The van der Waals surface area contributed by atoms with Crippen LogP contribution in [0.4, 0.5) is 0 Å². The van der Waals surface area contributed by atoms with Crippen molar-refractivity contribution in [3.05, 3.63) is 53.7 Å². The summed E-state index contributed by atoms with van der Waals surface area (Å²) < 4.78 is 10.3. The molecule has 4 heteroatoms. The maximum absolute atomic E-state index is 5.21. The van der Waals surface area contributed by atoms with Crippen LogP contribution in [-0.2, 0) is 13.1 Å². The molecule has 1 aromatic carbocycles. The van der Waals surface area contributed by atoms with E-state index in [0.29, 0.717) is 5.88 Å². The van der Waals surface area contributed by atoms with Gasteiger partial charge >= 0.3 is 0 Å². The van der Waals surface area contributed by atoms with Crippen molar-refractivity contribution in [3.8, 4) is 11.6 Å². The van der Waals surface area contributed by atoms with Gasteiger partial charge in [-0.25, -0.2) is 4.98 Å². The molecule has 0 atom stereocenters. The molecule has 1 N–H and O–H groups in total. The quantitative estimate of drug-likeness (QED) is 0.864. The predicted molar refractivity (Wildman–Crippen MR) is 74.3 cm³/mol. The molecule has 0 fully saturated rings. The molecule has 19 heavy (non-hydrogen) atoms. The highest BCUT2D eigenvalue weighted by Gasteiger charge is 2.02. The summed E-state index contributed by atoms with van der Waals surface area (Å²) in [6, 6.07) is 11.9. The van der Waals surface area contributed by atoms with Gasteiger partial charge in [-0.3, -0.25) is 0 Å². The third kappa shape index (κ3) is 3.69. The molecule has 2 aromatic rings. The number of benzene rings is 1. The van der Waals surface area contributed by atoms with Gasteiger partial charge in [-0.15, -0.1) is 0 Å². The molecule has 0 spiro atoms. The molecule has 2 rings (SSSR count). The Morgan fingerprint density at radius 1 is 1.00 bits per heavy atom. The van der Waals surface area contributed by atoms with Gasteiger partial charge in [0.2, 0.25) is 5.88 Å². The van der Waals surface area contributed by atoms with Crippen LogP contribution < -0.4 is 14.8 Å². The monoisotopic (exact) mass is 258 g/mol. The van der Waals surface area contributed by atoms with Crippen LogP contribution in [0.5, 0.6) is 11.6 Å². The summed E-state index contributed by atoms with van der Waals surface area (Å²) >= 11 is 0. The van der Waals surface area contributed by atoms with Crippen molar-refractivity contribution in [1.29, 1.82) is 0 Å². The van der Waals surface area contributed by atoms with Gasteiger partial charge < -0.3 is 14.8 Å². The zero-order valence-electron chi connectivity index (χ0n) is 11.2. The number of methoxy groups -OCH3 is 2. The fourth-order valence-corrected chi connectivity index (χ4v) is 1.83. The summed E-state index contributed by atoms with van der Waals surface area (Å²) in [5.74, 6) is 1.54. The molecule has 4 nitrogen and oxygen atoms in total. The van der Waals surface area contributed by atoms with Crippen molar-refractivity contribution in [2.75, 3.05) is 14.2 Å². The fraction of sp³-hybridized carbons (Fsp3) is 0.267. The van der Waals surface area contributed by atoms with Crippen LogP contribution in [-0.4, -0.2) is 19.2 Å². The Morgan fingerprint density at radius 3 is 2.47 bits per heavy atom. The largest absolute Gasteiger partial charge is 0.497 e. The normalized spacial score (nSPS) is 10.2. The molecule has 1 heterocycles. The first-order chi connectivity index (χ1) is 9.33. The second-order valence-corrected chi connectivity index (χ2v) is 4.12. The topological polar surface area (TPSA) is 43.4 Å². The first-order valence-corrected chi connectivity index (χ1v) is 6.15. The standard InChI is InChI=1S/C15H18N2O2/c1-18-14-7-5-12(6-8-14)10-16-11-13-4-3-9-17-15(13)19-2/h3-9,16H,10-11H2,1-2H3. The molecule has 0 bridgehead atoms. The first-order valence-electron chi connectivity index (χ1n) is 6.15. The highest BCUT2D eigenvalue weighted by Crippen LogP contribution is 2.14. The van der Waals surface area contributed by atoms with Crippen molar-refractivity contribution >= 4 is 0 Å². The number of aromatic nitrogens is 1. The Balaban J connectivity index is 1.88. The lowest BCUT2D eigenvalue weighted by molar-refractivity contribution is 0.390. The lowest BCUT2D eigenvalue weighted by Gasteiger charge is -2.08. The van der Waals surface area contributed by atoms with E-state index in [0.717, 1.165) is 24.4 Å². The summed E-state index contributed by atoms with van der Waals surface area (Å²) in [6.07, 6.45) is 1.73. The average Bonchev–Trinajstić information content (AvgIpc) is 2.48. The molecule has 0 amide bonds. The number of hydrogen-bond acceptors (Lipinski definition) is 4. The van der Waals surface area contributed by atoms with E-state index in [1.165, 1.54) is 5.56 Å². The molecule has 100 valence electrons. The highest BCUT2D eigenvalue weighted by molar-refractivity contribution is 5.28. The van der Waals surface area contributed by atoms with E-state index in [4.69, 9.17) is 9.47 Å². The summed E-state index contributed by atoms with van der Waals surface area (Å²) in [5.41, 5.74) is 2.27. The molecular formula is C15H18N2O2. The summed E-state index contributed by atoms with van der Waals surface area (Å²) in [5, 5.41) is 3.37. The van der Waals surface area contributed by atoms with Gasteiger partial charge in [-0.05, 0) is 23.8 Å². The summed E-state index contributed by atoms with van der Waals surface area (Å²) in [7, 11) is 3.30. The second-order valence-electron chi connectivity index (χ2n) is 4.12. The van der Waals surface area contributed by atoms with Gasteiger partial charge in [0.1, 0.15) is 5.75 Å². The molecule has 0 radical (unpaired) electrons. The zero-order chi connectivity index (χ0) is 13.5. The van der Waals surface area contributed by atoms with Crippen LogP contribution in [0.15, 0.2) is 42.6 Å². The van der Waals surface area contributed by atoms with Crippen molar-refractivity contribution in [1.82, 2.24) is 10.3 Å². The molecule has 0 aliphatic rings. The van der Waals surface area contributed by atoms with E-state index < -0.39 is 0 Å². The van der Waals surface area contributed by atoms with Crippen molar-refractivity contribution in [2.24, 2.45) is 0 Å². The highest BCUT2D eigenvalue weighted by atomic mass is 16.5. The maximum Gasteiger partial charge on any atom is 0.217 e. The maximum atomic E-state index is 5.21. The second kappa shape index (κ2) is 6.75. The molecule has 0 saturated heterocycles. The summed E-state index contributed by atoms with van der Waals surface area (Å²) in [4.78, 5) is 4.17. The Labute approximate surface area is 113 Å². The minimum Gasteiger partial charge on any atom is -0.497 e. The van der Waals surface area contributed by atoms with Crippen LogP contribution in [0.3, 0.4) is 0 Å². The number of pyridine rings is 1. The Morgan fingerprint density at radius 2 is 1.79 bits per heavy atom. The van der Waals surface area contributed by atoms with Crippen LogP contribution in [0.2, 0.25) is 0 Å². The molecule has 0 unspecified atom stereocenters. The Kier molecular flexibility index (Phi) is 4.75. The van der Waals surface area contributed by atoms with Crippen molar-refractivity contribution in [3.63, 3.8) is 0 Å². The van der Waals surface area contributed by atoms with Crippen LogP contribution in [0, 0.1) is 0 Å². The van der Waals surface area contributed by atoms with Crippen LogP contribution in [0.1, 0.15) is 11.1 Å². The number of rotatable bonds is 6. The van der Waals surface area contributed by atoms with E-state index in [-0.39, 0.29) is 0 Å². The van der Waals surface area contributed by atoms with Crippen LogP contribution in [0.25, 0.3) is 0 Å². The zero-order valence-corrected chi connectivity index (χ0v) is 11.2. The van der Waals surface area contributed by atoms with E-state index in [1.807, 2.05) is 36.4 Å². The average molecular weight is 258 g/mol. The number of ether oxygens (including phenoxy) is 2. The summed E-state index contributed by atoms with van der Waals surface area (Å²) in [6.45, 7) is 1.52. The number of hydrogen-bond donors (Lipinski definition) is 1. The molecule has 0 aliphatic carbocycles. The van der Waals surface area contributed by atoms with E-state index in [1.54, 1.807) is 20.4 Å². The molecular weight excluding hydrogens is 240 g/mol. The Bertz CT molecular complexity index is 512. The predicted octanol–water partition coefficient (Wildman–Crippen LogP) is 2.39. The fourth-order valence-electron chi connectivity index (χ4n) is 1.83. The third-order valence-electron chi connectivity index (χ3n) is 2.85. The smallest absolute Gasteiger partial charge is 0.217 e. The lowest BCUT2D eigenvalue weighted by atomic mass is 10.2. The molecule has 1 aromatic heterocycles. The molecule has 0 saturated carbocycles. The lowest BCUT2D eigenvalue weighted by Crippen LogP contribution is -2.13. The van der Waals surface area contributed by atoms with Crippen LogP contribution >= 0.6 is 0 Å². The van der Waals surface area contributed by atoms with Gasteiger partial charge in [-0.1, -0.05) is 18.2 Å². The van der Waals surface area contributed by atoms with E-state index >= 15 is 0 Å². The van der Waals surface area contributed by atoms with E-state index in [9.17, 15) is 0 Å². The minimum absolute atomic E-state index is 0.671. The van der Waals surface area contributed by atoms with Gasteiger partial charge in [-0.2, -0.15) is 0 Å².